The number of carbonyl (C=O) groups is 3. The fraction of sp³-hybridized carbons (Fsp3) is 0.381. The highest BCUT2D eigenvalue weighted by Crippen LogP contribution is 2.31. The SMILES string of the molecule is Cn1cccc1C(=O)CN1C(=O)NC(C)(c2ccc(C(C)(C)C)cc2)C1=O. The molecule has 1 aromatic heterocycles. The van der Waals surface area contributed by atoms with E-state index in [0.29, 0.717) is 11.3 Å². The first-order valence-corrected chi connectivity index (χ1v) is 8.94. The van der Waals surface area contributed by atoms with Crippen molar-refractivity contribution < 1.29 is 14.4 Å². The molecular weight excluding hydrogens is 342 g/mol. The summed E-state index contributed by atoms with van der Waals surface area (Å²) in [6.07, 6.45) is 1.75. The molecule has 6 nitrogen and oxygen atoms in total. The van der Waals surface area contributed by atoms with Gasteiger partial charge < -0.3 is 9.88 Å². The third kappa shape index (κ3) is 3.27. The van der Waals surface area contributed by atoms with Crippen LogP contribution in [0.1, 0.15) is 49.3 Å². The zero-order chi connectivity index (χ0) is 20.0. The average Bonchev–Trinajstić information content (AvgIpc) is 3.12. The number of hydrogen-bond donors (Lipinski definition) is 1. The van der Waals surface area contributed by atoms with Crippen molar-refractivity contribution in [3.8, 4) is 0 Å². The van der Waals surface area contributed by atoms with Gasteiger partial charge in [0.15, 0.2) is 5.78 Å². The predicted octanol–water partition coefficient (Wildman–Crippen LogP) is 2.97. The van der Waals surface area contributed by atoms with Gasteiger partial charge in [-0.1, -0.05) is 45.0 Å². The molecule has 2 heterocycles. The number of hydrogen-bond acceptors (Lipinski definition) is 3. The molecule has 1 aliphatic rings. The molecule has 0 bridgehead atoms. The Bertz CT molecular complexity index is 905. The molecule has 1 saturated heterocycles. The van der Waals surface area contributed by atoms with Gasteiger partial charge in [-0.25, -0.2) is 4.79 Å². The maximum atomic E-state index is 13.0. The number of imide groups is 1. The number of aryl methyl sites for hydroxylation is 1. The first-order chi connectivity index (χ1) is 12.5. The Balaban J connectivity index is 1.84. The molecule has 0 saturated carbocycles. The topological polar surface area (TPSA) is 71.4 Å². The van der Waals surface area contributed by atoms with Crippen molar-refractivity contribution in [1.29, 1.82) is 0 Å². The zero-order valence-electron chi connectivity index (χ0n) is 16.4. The Morgan fingerprint density at radius 1 is 1.11 bits per heavy atom. The molecule has 27 heavy (non-hydrogen) atoms. The summed E-state index contributed by atoms with van der Waals surface area (Å²) >= 11 is 0. The third-order valence-electron chi connectivity index (χ3n) is 5.13. The van der Waals surface area contributed by atoms with E-state index in [0.717, 1.165) is 10.5 Å². The highest BCUT2D eigenvalue weighted by Gasteiger charge is 2.49. The Kier molecular flexibility index (Phi) is 4.46. The maximum Gasteiger partial charge on any atom is 0.325 e. The first-order valence-electron chi connectivity index (χ1n) is 8.94. The summed E-state index contributed by atoms with van der Waals surface area (Å²) in [5.41, 5.74) is 1.11. The van der Waals surface area contributed by atoms with Crippen molar-refractivity contribution in [2.45, 2.75) is 38.6 Å². The standard InChI is InChI=1S/C21H25N3O3/c1-20(2,3)14-8-10-15(11-9-14)21(4)18(26)24(19(27)22-21)13-17(25)16-7-6-12-23(16)5/h6-12H,13H2,1-5H3,(H,22,27). The lowest BCUT2D eigenvalue weighted by atomic mass is 9.84. The number of amides is 3. The van der Waals surface area contributed by atoms with E-state index < -0.39 is 17.5 Å². The highest BCUT2D eigenvalue weighted by molar-refractivity contribution is 6.11. The summed E-state index contributed by atoms with van der Waals surface area (Å²) in [7, 11) is 1.75. The van der Waals surface area contributed by atoms with E-state index in [1.807, 2.05) is 24.3 Å². The van der Waals surface area contributed by atoms with Crippen LogP contribution in [0, 0.1) is 0 Å². The molecule has 0 radical (unpaired) electrons. The highest BCUT2D eigenvalue weighted by atomic mass is 16.2. The van der Waals surface area contributed by atoms with Gasteiger partial charge in [0.05, 0.1) is 12.2 Å². The van der Waals surface area contributed by atoms with Crippen molar-refractivity contribution in [3.63, 3.8) is 0 Å². The Morgan fingerprint density at radius 3 is 2.26 bits per heavy atom. The van der Waals surface area contributed by atoms with Crippen molar-refractivity contribution in [2.75, 3.05) is 6.54 Å². The lowest BCUT2D eigenvalue weighted by Gasteiger charge is -2.24. The van der Waals surface area contributed by atoms with Gasteiger partial charge in [-0.05, 0) is 35.6 Å². The smallest absolute Gasteiger partial charge is 0.325 e. The number of Topliss-reactive ketones (excluding diaryl/α,β-unsaturated/α-hetero) is 1. The van der Waals surface area contributed by atoms with Crippen LogP contribution in [0.3, 0.4) is 0 Å². The van der Waals surface area contributed by atoms with E-state index in [2.05, 4.69) is 26.1 Å². The van der Waals surface area contributed by atoms with Crippen LogP contribution >= 0.6 is 0 Å². The molecule has 0 spiro atoms. The number of benzene rings is 1. The predicted molar refractivity (Wildman–Crippen MR) is 102 cm³/mol. The van der Waals surface area contributed by atoms with Crippen LogP contribution in [-0.4, -0.2) is 33.7 Å². The van der Waals surface area contributed by atoms with Crippen LogP contribution in [0.2, 0.25) is 0 Å². The lowest BCUT2D eigenvalue weighted by molar-refractivity contribution is -0.130. The van der Waals surface area contributed by atoms with Crippen LogP contribution in [0.25, 0.3) is 0 Å². The van der Waals surface area contributed by atoms with E-state index in [1.54, 1.807) is 36.9 Å². The molecule has 1 unspecified atom stereocenters. The normalized spacial score (nSPS) is 20.1. The number of rotatable bonds is 4. The van der Waals surface area contributed by atoms with Crippen molar-refractivity contribution >= 4 is 17.7 Å². The monoisotopic (exact) mass is 367 g/mol. The van der Waals surface area contributed by atoms with Crippen LogP contribution in [0.15, 0.2) is 42.6 Å². The van der Waals surface area contributed by atoms with Gasteiger partial charge in [-0.15, -0.1) is 0 Å². The molecule has 142 valence electrons. The van der Waals surface area contributed by atoms with E-state index >= 15 is 0 Å². The molecule has 3 rings (SSSR count). The van der Waals surface area contributed by atoms with Gasteiger partial charge in [-0.3, -0.25) is 14.5 Å². The van der Waals surface area contributed by atoms with Crippen molar-refractivity contribution in [1.82, 2.24) is 14.8 Å². The quantitative estimate of drug-likeness (QED) is 0.667. The molecule has 1 aromatic carbocycles. The van der Waals surface area contributed by atoms with E-state index in [-0.39, 0.29) is 17.7 Å². The van der Waals surface area contributed by atoms with Gasteiger partial charge in [0, 0.05) is 13.2 Å². The van der Waals surface area contributed by atoms with Crippen molar-refractivity contribution in [3.05, 3.63) is 59.4 Å². The van der Waals surface area contributed by atoms with Crippen LogP contribution < -0.4 is 5.32 Å². The zero-order valence-corrected chi connectivity index (χ0v) is 16.4. The van der Waals surface area contributed by atoms with E-state index in [9.17, 15) is 14.4 Å². The average molecular weight is 367 g/mol. The van der Waals surface area contributed by atoms with Gasteiger partial charge >= 0.3 is 6.03 Å². The second kappa shape index (κ2) is 6.37. The number of carbonyl (C=O) groups excluding carboxylic acids is 3. The molecule has 1 fully saturated rings. The van der Waals surface area contributed by atoms with Crippen LogP contribution in [-0.2, 0) is 22.8 Å². The summed E-state index contributed by atoms with van der Waals surface area (Å²) in [4.78, 5) is 38.9. The third-order valence-corrected chi connectivity index (χ3v) is 5.13. The number of ketones is 1. The Morgan fingerprint density at radius 2 is 1.74 bits per heavy atom. The minimum Gasteiger partial charge on any atom is -0.348 e. The Labute approximate surface area is 159 Å². The van der Waals surface area contributed by atoms with Gasteiger partial charge in [0.25, 0.3) is 5.91 Å². The summed E-state index contributed by atoms with van der Waals surface area (Å²) in [6.45, 7) is 7.74. The molecule has 1 N–H and O–H groups in total. The number of aromatic nitrogens is 1. The van der Waals surface area contributed by atoms with Gasteiger partial charge in [-0.2, -0.15) is 0 Å². The van der Waals surface area contributed by atoms with Crippen molar-refractivity contribution in [2.24, 2.45) is 7.05 Å². The van der Waals surface area contributed by atoms with Crippen LogP contribution in [0.4, 0.5) is 4.79 Å². The second-order valence-electron chi connectivity index (χ2n) is 8.20. The molecule has 6 heteroatoms. The summed E-state index contributed by atoms with van der Waals surface area (Å²) in [5.74, 6) is -0.697. The first kappa shape index (κ1) is 18.9. The number of urea groups is 1. The fourth-order valence-electron chi connectivity index (χ4n) is 3.32. The molecule has 2 aromatic rings. The minimum atomic E-state index is -1.18. The van der Waals surface area contributed by atoms with Gasteiger partial charge in [0.2, 0.25) is 0 Å². The minimum absolute atomic E-state index is 0.00408. The maximum absolute atomic E-state index is 13.0. The van der Waals surface area contributed by atoms with Crippen LogP contribution in [0.5, 0.6) is 0 Å². The molecule has 3 amide bonds. The largest absolute Gasteiger partial charge is 0.348 e. The summed E-state index contributed by atoms with van der Waals surface area (Å²) in [5, 5.41) is 2.75. The van der Waals surface area contributed by atoms with E-state index in [4.69, 9.17) is 0 Å². The molecular formula is C21H25N3O3. The lowest BCUT2D eigenvalue weighted by Crippen LogP contribution is -2.41. The Hall–Kier alpha value is -2.89. The molecule has 0 aliphatic carbocycles. The van der Waals surface area contributed by atoms with E-state index in [1.165, 1.54) is 0 Å². The number of nitrogens with zero attached hydrogens (tertiary/aromatic N) is 2. The summed E-state index contributed by atoms with van der Waals surface area (Å²) in [6, 6.07) is 10.5. The number of nitrogens with one attached hydrogen (secondary N) is 1. The van der Waals surface area contributed by atoms with Gasteiger partial charge in [0.1, 0.15) is 5.54 Å². The summed E-state index contributed by atoms with van der Waals surface area (Å²) < 4.78 is 1.67. The fourth-order valence-corrected chi connectivity index (χ4v) is 3.32. The molecule has 1 atom stereocenters. The second-order valence-corrected chi connectivity index (χ2v) is 8.20. The molecule has 1 aliphatic heterocycles.